The van der Waals surface area contributed by atoms with Crippen LogP contribution in [0.1, 0.15) is 74.3 Å². The minimum absolute atomic E-state index is 0.265. The molecule has 4 atom stereocenters. The molecule has 0 heterocycles. The Labute approximate surface area is 144 Å². The Kier molecular flexibility index (Phi) is 5.89. The van der Waals surface area contributed by atoms with Crippen LogP contribution in [0.3, 0.4) is 0 Å². The monoisotopic (exact) mass is 328 g/mol. The molecule has 0 bridgehead atoms. The number of benzene rings is 1. The van der Waals surface area contributed by atoms with Gasteiger partial charge in [0.15, 0.2) is 0 Å². The fourth-order valence-corrected chi connectivity index (χ4v) is 4.62. The fraction of sp³-hybridized carbons (Fsp3) is 0.600. The van der Waals surface area contributed by atoms with Gasteiger partial charge >= 0.3 is 0 Å². The Balaban J connectivity index is 1.74. The first-order valence-corrected chi connectivity index (χ1v) is 9.32. The van der Waals surface area contributed by atoms with E-state index in [2.05, 4.69) is 34.9 Å². The average molecular weight is 328 g/mol. The molecule has 1 aromatic carbocycles. The van der Waals surface area contributed by atoms with E-state index < -0.39 is 0 Å². The van der Waals surface area contributed by atoms with Gasteiger partial charge in [-0.2, -0.15) is 0 Å². The maximum atomic E-state index is 10.9. The lowest BCUT2D eigenvalue weighted by Gasteiger charge is -2.33. The molecule has 0 aromatic heterocycles. The SMILES string of the molecule is O=CN[C@H]1CCCC[C@H]1c1ccc([C@H]2CCCC[C@H]2NC=O)cc1. The normalized spacial score (nSPS) is 30.3. The molecule has 4 heteroatoms. The molecule has 0 radical (unpaired) electrons. The smallest absolute Gasteiger partial charge is 0.207 e. The Morgan fingerprint density at radius 1 is 0.667 bits per heavy atom. The van der Waals surface area contributed by atoms with Crippen molar-refractivity contribution in [2.24, 2.45) is 0 Å². The third-order valence-electron chi connectivity index (χ3n) is 5.89. The summed E-state index contributed by atoms with van der Waals surface area (Å²) in [5, 5.41) is 6.01. The molecule has 1 aromatic rings. The zero-order valence-corrected chi connectivity index (χ0v) is 14.2. The van der Waals surface area contributed by atoms with Gasteiger partial charge in [-0.15, -0.1) is 0 Å². The molecular formula is C20H28N2O2. The van der Waals surface area contributed by atoms with Gasteiger partial charge in [0.1, 0.15) is 0 Å². The standard InChI is InChI=1S/C20H28N2O2/c23-13-21-19-7-3-1-5-17(19)15-9-11-16(12-10-15)18-6-2-4-8-20(18)22-14-24/h9-14,17-20H,1-8H2,(H,21,23)(H,22,24)/t17-,18+,19-,20+. The van der Waals surface area contributed by atoms with Crippen molar-refractivity contribution < 1.29 is 9.59 Å². The number of hydrogen-bond acceptors (Lipinski definition) is 2. The van der Waals surface area contributed by atoms with Crippen LogP contribution in [0.2, 0.25) is 0 Å². The summed E-state index contributed by atoms with van der Waals surface area (Å²) in [5.74, 6) is 0.849. The van der Waals surface area contributed by atoms with E-state index in [9.17, 15) is 9.59 Å². The summed E-state index contributed by atoms with van der Waals surface area (Å²) in [6, 6.07) is 9.46. The second-order valence-corrected chi connectivity index (χ2v) is 7.23. The summed E-state index contributed by atoms with van der Waals surface area (Å²) in [6.45, 7) is 0. The van der Waals surface area contributed by atoms with Crippen LogP contribution in [-0.2, 0) is 9.59 Å². The lowest BCUT2D eigenvalue weighted by Crippen LogP contribution is -2.37. The molecule has 2 fully saturated rings. The zero-order valence-electron chi connectivity index (χ0n) is 14.2. The van der Waals surface area contributed by atoms with Crippen molar-refractivity contribution in [3.05, 3.63) is 35.4 Å². The molecule has 0 saturated heterocycles. The second kappa shape index (κ2) is 8.32. The molecular weight excluding hydrogens is 300 g/mol. The summed E-state index contributed by atoms with van der Waals surface area (Å²) >= 11 is 0. The summed E-state index contributed by atoms with van der Waals surface area (Å²) < 4.78 is 0. The molecule has 24 heavy (non-hydrogen) atoms. The highest BCUT2D eigenvalue weighted by atomic mass is 16.1. The van der Waals surface area contributed by atoms with Gasteiger partial charge in [0.25, 0.3) is 0 Å². The predicted octanol–water partition coefficient (Wildman–Crippen LogP) is 3.23. The average Bonchev–Trinajstić information content (AvgIpc) is 2.64. The topological polar surface area (TPSA) is 58.2 Å². The molecule has 2 amide bonds. The largest absolute Gasteiger partial charge is 0.355 e. The van der Waals surface area contributed by atoms with Crippen molar-refractivity contribution in [2.75, 3.05) is 0 Å². The molecule has 0 unspecified atom stereocenters. The number of nitrogens with one attached hydrogen (secondary N) is 2. The van der Waals surface area contributed by atoms with Crippen LogP contribution in [0.4, 0.5) is 0 Å². The van der Waals surface area contributed by atoms with Gasteiger partial charge in [0, 0.05) is 23.9 Å². The van der Waals surface area contributed by atoms with E-state index in [4.69, 9.17) is 0 Å². The molecule has 2 saturated carbocycles. The number of hydrogen-bond donors (Lipinski definition) is 2. The first-order valence-electron chi connectivity index (χ1n) is 9.32. The molecule has 0 aliphatic heterocycles. The van der Waals surface area contributed by atoms with Crippen molar-refractivity contribution in [3.63, 3.8) is 0 Å². The maximum absolute atomic E-state index is 10.9. The minimum Gasteiger partial charge on any atom is -0.355 e. The Hall–Kier alpha value is -1.84. The molecule has 2 N–H and O–H groups in total. The van der Waals surface area contributed by atoms with Crippen molar-refractivity contribution in [2.45, 2.75) is 75.3 Å². The van der Waals surface area contributed by atoms with Gasteiger partial charge in [-0.1, -0.05) is 49.9 Å². The van der Waals surface area contributed by atoms with Gasteiger partial charge in [-0.05, 0) is 36.8 Å². The van der Waals surface area contributed by atoms with Crippen LogP contribution in [-0.4, -0.2) is 24.9 Å². The number of carbonyl (C=O) groups is 2. The van der Waals surface area contributed by atoms with Crippen LogP contribution in [0.5, 0.6) is 0 Å². The van der Waals surface area contributed by atoms with Crippen LogP contribution in [0.15, 0.2) is 24.3 Å². The molecule has 2 aliphatic carbocycles. The summed E-state index contributed by atoms with van der Waals surface area (Å²) in [4.78, 5) is 21.7. The van der Waals surface area contributed by atoms with Gasteiger partial charge in [0.2, 0.25) is 12.8 Å². The summed E-state index contributed by atoms with van der Waals surface area (Å²) in [5.41, 5.74) is 2.65. The third-order valence-corrected chi connectivity index (χ3v) is 5.89. The Bertz CT molecular complexity index is 494. The van der Waals surface area contributed by atoms with Gasteiger partial charge in [-0.3, -0.25) is 9.59 Å². The summed E-state index contributed by atoms with van der Waals surface area (Å²) in [7, 11) is 0. The van der Waals surface area contributed by atoms with E-state index in [0.29, 0.717) is 11.8 Å². The second-order valence-electron chi connectivity index (χ2n) is 7.23. The van der Waals surface area contributed by atoms with E-state index >= 15 is 0 Å². The van der Waals surface area contributed by atoms with Crippen molar-refractivity contribution in [1.29, 1.82) is 0 Å². The first kappa shape index (κ1) is 17.0. The highest BCUT2D eigenvalue weighted by Gasteiger charge is 2.28. The van der Waals surface area contributed by atoms with Gasteiger partial charge in [0.05, 0.1) is 0 Å². The van der Waals surface area contributed by atoms with Gasteiger partial charge < -0.3 is 10.6 Å². The van der Waals surface area contributed by atoms with Crippen molar-refractivity contribution in [1.82, 2.24) is 10.6 Å². The van der Waals surface area contributed by atoms with E-state index in [-0.39, 0.29) is 12.1 Å². The fourth-order valence-electron chi connectivity index (χ4n) is 4.62. The Morgan fingerprint density at radius 2 is 1.04 bits per heavy atom. The first-order chi connectivity index (χ1) is 11.8. The highest BCUT2D eigenvalue weighted by Crippen LogP contribution is 2.36. The van der Waals surface area contributed by atoms with E-state index in [1.807, 2.05) is 0 Å². The molecule has 4 nitrogen and oxygen atoms in total. The molecule has 0 spiro atoms. The third kappa shape index (κ3) is 3.80. The highest BCUT2D eigenvalue weighted by molar-refractivity contribution is 5.48. The number of rotatable bonds is 6. The lowest BCUT2D eigenvalue weighted by atomic mass is 9.77. The molecule has 130 valence electrons. The van der Waals surface area contributed by atoms with E-state index in [1.165, 1.54) is 36.8 Å². The maximum Gasteiger partial charge on any atom is 0.207 e. The van der Waals surface area contributed by atoms with Crippen LogP contribution in [0.25, 0.3) is 0 Å². The lowest BCUT2D eigenvalue weighted by molar-refractivity contribution is -0.111. The van der Waals surface area contributed by atoms with Crippen LogP contribution < -0.4 is 10.6 Å². The van der Waals surface area contributed by atoms with Crippen LogP contribution in [0, 0.1) is 0 Å². The minimum atomic E-state index is 0.265. The summed E-state index contributed by atoms with van der Waals surface area (Å²) in [6.07, 6.45) is 11.0. The Morgan fingerprint density at radius 3 is 1.42 bits per heavy atom. The van der Waals surface area contributed by atoms with Crippen LogP contribution >= 0.6 is 0 Å². The molecule has 2 aliphatic rings. The van der Waals surface area contributed by atoms with Crippen molar-refractivity contribution in [3.8, 4) is 0 Å². The number of carbonyl (C=O) groups excluding carboxylic acids is 2. The quantitative estimate of drug-likeness (QED) is 0.788. The van der Waals surface area contributed by atoms with E-state index in [1.54, 1.807) is 0 Å². The van der Waals surface area contributed by atoms with Gasteiger partial charge in [-0.25, -0.2) is 0 Å². The van der Waals surface area contributed by atoms with E-state index in [0.717, 1.165) is 38.5 Å². The van der Waals surface area contributed by atoms with Crippen molar-refractivity contribution >= 4 is 12.8 Å². The predicted molar refractivity (Wildman–Crippen MR) is 94.8 cm³/mol. The zero-order chi connectivity index (χ0) is 16.8. The number of amides is 2. The molecule has 3 rings (SSSR count).